The molecular weight excluding hydrogens is 845 g/mol. The molecule has 0 saturated heterocycles. The third-order valence-electron chi connectivity index (χ3n) is 13.8. The second kappa shape index (κ2) is 15.2. The van der Waals surface area contributed by atoms with E-state index in [9.17, 15) is 0 Å². The molecule has 0 bridgehead atoms. The van der Waals surface area contributed by atoms with E-state index in [1.165, 1.54) is 11.1 Å². The summed E-state index contributed by atoms with van der Waals surface area (Å²) in [5.74, 6) is 0. The lowest BCUT2D eigenvalue weighted by atomic mass is 9.95. The molecule has 0 radical (unpaired) electrons. The summed E-state index contributed by atoms with van der Waals surface area (Å²) in [6.45, 7) is 4.28. The van der Waals surface area contributed by atoms with Crippen molar-refractivity contribution >= 4 is 121 Å². The number of hydrogen-bond acceptors (Lipinski definition) is 5. The van der Waals surface area contributed by atoms with Gasteiger partial charge in [-0.05, 0) is 156 Å². The van der Waals surface area contributed by atoms with Crippen molar-refractivity contribution in [3.63, 3.8) is 0 Å². The quantitative estimate of drug-likeness (QED) is 0.160. The molecular formula is C64H42N2O3. The van der Waals surface area contributed by atoms with Crippen LogP contribution in [0.15, 0.2) is 232 Å². The molecule has 5 heteroatoms. The Morgan fingerprint density at radius 3 is 1.41 bits per heavy atom. The number of nitrogens with zero attached hydrogens (tertiary/aromatic N) is 2. The van der Waals surface area contributed by atoms with Crippen LogP contribution in [0.2, 0.25) is 0 Å². The molecule has 3 aromatic heterocycles. The maximum atomic E-state index is 7.20. The Morgan fingerprint density at radius 2 is 0.783 bits per heavy atom. The van der Waals surface area contributed by atoms with Gasteiger partial charge in [-0.25, -0.2) is 0 Å². The number of anilines is 6. The van der Waals surface area contributed by atoms with E-state index in [0.29, 0.717) is 0 Å². The molecule has 3 heterocycles. The van der Waals surface area contributed by atoms with Gasteiger partial charge in [-0.2, -0.15) is 0 Å². The highest BCUT2D eigenvalue weighted by molar-refractivity contribution is 6.31. The standard InChI is InChI=1S/C64H42N2O3/c1-39-14-11-20-47(30-39)65(45-16-5-3-6-17-45)49-28-26-41-34-55-58(36-43(41)32-49)67-60-38-54(53-24-13-23-52-51-22-9-10-25-57(51)68-63(52)53)64-62(61(55)60)56-35-42-27-29-50(33-44(42)37-59(56)69-64)66(46-18-7-4-8-19-46)48-21-12-15-40(2)31-48/h3-38H,1-2H3. The molecule has 11 aromatic carbocycles. The first kappa shape index (κ1) is 39.1. The smallest absolute Gasteiger partial charge is 0.144 e. The Hall–Kier alpha value is -9.06. The summed E-state index contributed by atoms with van der Waals surface area (Å²) in [4.78, 5) is 4.63. The van der Waals surface area contributed by atoms with E-state index in [1.54, 1.807) is 0 Å². The normalized spacial score (nSPS) is 11.9. The molecule has 14 aromatic rings. The molecule has 0 unspecified atom stereocenters. The lowest BCUT2D eigenvalue weighted by Gasteiger charge is -2.26. The third-order valence-corrected chi connectivity index (χ3v) is 13.8. The molecule has 0 amide bonds. The summed E-state index contributed by atoms with van der Waals surface area (Å²) in [5.41, 5.74) is 15.7. The zero-order chi connectivity index (χ0) is 45.7. The summed E-state index contributed by atoms with van der Waals surface area (Å²) >= 11 is 0. The van der Waals surface area contributed by atoms with Gasteiger partial charge < -0.3 is 23.1 Å². The number of rotatable bonds is 7. The molecule has 0 atom stereocenters. The molecule has 0 aliphatic carbocycles. The Bertz CT molecular complexity index is 4350. The van der Waals surface area contributed by atoms with Crippen LogP contribution < -0.4 is 9.80 Å². The van der Waals surface area contributed by atoms with E-state index in [2.05, 4.69) is 230 Å². The lowest BCUT2D eigenvalue weighted by molar-refractivity contribution is 0.662. The molecule has 0 spiro atoms. The molecule has 69 heavy (non-hydrogen) atoms. The fraction of sp³-hybridized carbons (Fsp3) is 0.0312. The first-order chi connectivity index (χ1) is 34.0. The van der Waals surface area contributed by atoms with Gasteiger partial charge in [0, 0.05) is 77.6 Å². The van der Waals surface area contributed by atoms with E-state index >= 15 is 0 Å². The van der Waals surface area contributed by atoms with Gasteiger partial charge in [0.1, 0.15) is 33.5 Å². The van der Waals surface area contributed by atoms with Crippen LogP contribution in [-0.2, 0) is 0 Å². The van der Waals surface area contributed by atoms with Crippen LogP contribution in [0.5, 0.6) is 0 Å². The van der Waals surface area contributed by atoms with E-state index in [0.717, 1.165) is 133 Å². The second-order valence-electron chi connectivity index (χ2n) is 18.3. The first-order valence-electron chi connectivity index (χ1n) is 23.5. The molecule has 0 fully saturated rings. The molecule has 5 nitrogen and oxygen atoms in total. The van der Waals surface area contributed by atoms with Gasteiger partial charge in [-0.1, -0.05) is 109 Å². The van der Waals surface area contributed by atoms with Crippen LogP contribution in [0.25, 0.3) is 98.5 Å². The zero-order valence-electron chi connectivity index (χ0n) is 37.9. The van der Waals surface area contributed by atoms with Gasteiger partial charge >= 0.3 is 0 Å². The second-order valence-corrected chi connectivity index (χ2v) is 18.3. The summed E-state index contributed by atoms with van der Waals surface area (Å²) in [6.07, 6.45) is 0. The molecule has 0 aliphatic heterocycles. The van der Waals surface area contributed by atoms with Gasteiger partial charge in [-0.15, -0.1) is 0 Å². The number of para-hydroxylation sites is 4. The molecule has 0 aliphatic rings. The van der Waals surface area contributed by atoms with Crippen molar-refractivity contribution in [1.29, 1.82) is 0 Å². The maximum Gasteiger partial charge on any atom is 0.144 e. The fourth-order valence-electron chi connectivity index (χ4n) is 10.7. The van der Waals surface area contributed by atoms with Crippen molar-refractivity contribution < 1.29 is 13.3 Å². The Labute approximate surface area is 397 Å². The van der Waals surface area contributed by atoms with Crippen molar-refractivity contribution in [1.82, 2.24) is 0 Å². The van der Waals surface area contributed by atoms with Crippen LogP contribution in [0, 0.1) is 13.8 Å². The lowest BCUT2D eigenvalue weighted by Crippen LogP contribution is -2.09. The monoisotopic (exact) mass is 886 g/mol. The number of hydrogen-bond donors (Lipinski definition) is 0. The van der Waals surface area contributed by atoms with Gasteiger partial charge in [-0.3, -0.25) is 0 Å². The van der Waals surface area contributed by atoms with Gasteiger partial charge in [0.05, 0.1) is 0 Å². The topological polar surface area (TPSA) is 45.9 Å². The number of aryl methyl sites for hydroxylation is 2. The van der Waals surface area contributed by atoms with Crippen LogP contribution in [0.4, 0.5) is 34.1 Å². The highest BCUT2D eigenvalue weighted by Crippen LogP contribution is 2.49. The Morgan fingerprint density at radius 1 is 0.275 bits per heavy atom. The number of furan rings is 3. The van der Waals surface area contributed by atoms with Crippen molar-refractivity contribution in [2.75, 3.05) is 9.80 Å². The molecule has 0 saturated carbocycles. The van der Waals surface area contributed by atoms with E-state index < -0.39 is 0 Å². The SMILES string of the molecule is Cc1cccc(N(c2ccccc2)c2ccc3cc4c(cc3c2)oc2cc(-c3cccc5c3oc3ccccc35)c3oc5cc6cc(N(c7ccccc7)c7cccc(C)c7)ccc6cc5c3c24)c1. The average Bonchev–Trinajstić information content (AvgIpc) is 4.06. The van der Waals surface area contributed by atoms with Crippen molar-refractivity contribution in [3.8, 4) is 11.1 Å². The first-order valence-corrected chi connectivity index (χ1v) is 23.5. The minimum Gasteiger partial charge on any atom is -0.456 e. The zero-order valence-corrected chi connectivity index (χ0v) is 37.9. The van der Waals surface area contributed by atoms with E-state index in [-0.39, 0.29) is 0 Å². The summed E-state index contributed by atoms with van der Waals surface area (Å²) < 4.78 is 20.9. The third kappa shape index (κ3) is 6.32. The average molecular weight is 887 g/mol. The minimum absolute atomic E-state index is 0.789. The Balaban J connectivity index is 1.01. The summed E-state index contributed by atoms with van der Waals surface area (Å²) in [5, 5.41) is 10.7. The maximum absolute atomic E-state index is 7.20. The highest BCUT2D eigenvalue weighted by Gasteiger charge is 2.25. The summed E-state index contributed by atoms with van der Waals surface area (Å²) in [6, 6.07) is 77.7. The largest absolute Gasteiger partial charge is 0.456 e. The predicted molar refractivity (Wildman–Crippen MR) is 288 cm³/mol. The van der Waals surface area contributed by atoms with Gasteiger partial charge in [0.15, 0.2) is 0 Å². The summed E-state index contributed by atoms with van der Waals surface area (Å²) in [7, 11) is 0. The van der Waals surface area contributed by atoms with Crippen LogP contribution in [-0.4, -0.2) is 0 Å². The van der Waals surface area contributed by atoms with Crippen molar-refractivity contribution in [2.45, 2.75) is 13.8 Å². The van der Waals surface area contributed by atoms with Crippen LogP contribution in [0.1, 0.15) is 11.1 Å². The van der Waals surface area contributed by atoms with Crippen LogP contribution in [0.3, 0.4) is 0 Å². The fourth-order valence-corrected chi connectivity index (χ4v) is 10.7. The molecule has 14 rings (SSSR count). The highest BCUT2D eigenvalue weighted by atomic mass is 16.3. The minimum atomic E-state index is 0.789. The van der Waals surface area contributed by atoms with E-state index in [1.807, 2.05) is 12.1 Å². The van der Waals surface area contributed by atoms with Gasteiger partial charge in [0.25, 0.3) is 0 Å². The molecule has 326 valence electrons. The molecule has 0 N–H and O–H groups in total. The van der Waals surface area contributed by atoms with Crippen LogP contribution >= 0.6 is 0 Å². The number of benzene rings is 11. The predicted octanol–water partition coefficient (Wildman–Crippen LogP) is 18.9. The van der Waals surface area contributed by atoms with Crippen molar-refractivity contribution in [3.05, 3.63) is 230 Å². The Kier molecular flexibility index (Phi) is 8.65. The number of fused-ring (bicyclic) bond motifs is 12. The van der Waals surface area contributed by atoms with E-state index in [4.69, 9.17) is 13.3 Å². The van der Waals surface area contributed by atoms with Crippen molar-refractivity contribution in [2.24, 2.45) is 0 Å². The van der Waals surface area contributed by atoms with Gasteiger partial charge in [0.2, 0.25) is 0 Å².